The van der Waals surface area contributed by atoms with Crippen LogP contribution in [0.4, 0.5) is 5.69 Å². The largest absolute Gasteiger partial charge is 0.475 e. The van der Waals surface area contributed by atoms with Gasteiger partial charge in [0.25, 0.3) is 5.91 Å². The van der Waals surface area contributed by atoms with Gasteiger partial charge in [0.1, 0.15) is 0 Å². The molecule has 3 heterocycles. The Morgan fingerprint density at radius 1 is 1.17 bits per heavy atom. The number of anilines is 1. The van der Waals surface area contributed by atoms with Crippen LogP contribution < -0.4 is 10.1 Å². The summed E-state index contributed by atoms with van der Waals surface area (Å²) in [6, 6.07) is 8.65. The highest BCUT2D eigenvalue weighted by molar-refractivity contribution is 6.04. The Kier molecular flexibility index (Phi) is 4.51. The molecule has 0 fully saturated rings. The minimum Gasteiger partial charge on any atom is -0.475 e. The van der Waals surface area contributed by atoms with Crippen molar-refractivity contribution in [3.63, 3.8) is 0 Å². The molecule has 0 saturated heterocycles. The van der Waals surface area contributed by atoms with E-state index in [0.717, 1.165) is 0 Å². The standard InChI is InChI=1S/C17H17N5O2/c1-12(2)24-15-7-6-13(11-19-15)17(23)21-14-5-3-8-18-16(14)22-10-4-9-20-22/h3-12H,1-2H3,(H,21,23). The second-order valence-electron chi connectivity index (χ2n) is 5.33. The molecule has 7 heteroatoms. The van der Waals surface area contributed by atoms with Crippen molar-refractivity contribution in [3.8, 4) is 11.7 Å². The van der Waals surface area contributed by atoms with Crippen LogP contribution in [0.25, 0.3) is 5.82 Å². The first-order chi connectivity index (χ1) is 11.6. The summed E-state index contributed by atoms with van der Waals surface area (Å²) in [4.78, 5) is 20.8. The minimum absolute atomic E-state index is 0.0317. The maximum atomic E-state index is 12.4. The van der Waals surface area contributed by atoms with E-state index < -0.39 is 0 Å². The van der Waals surface area contributed by atoms with Crippen molar-refractivity contribution >= 4 is 11.6 Å². The Labute approximate surface area is 139 Å². The lowest BCUT2D eigenvalue weighted by Gasteiger charge is -2.11. The summed E-state index contributed by atoms with van der Waals surface area (Å²) in [6.45, 7) is 3.84. The Morgan fingerprint density at radius 2 is 2.04 bits per heavy atom. The zero-order valence-electron chi connectivity index (χ0n) is 13.4. The lowest BCUT2D eigenvalue weighted by Crippen LogP contribution is -2.15. The molecule has 1 amide bonds. The molecule has 1 N–H and O–H groups in total. The first kappa shape index (κ1) is 15.7. The number of carbonyl (C=O) groups excluding carboxylic acids is 1. The molecule has 0 atom stereocenters. The molecule has 7 nitrogen and oxygen atoms in total. The third-order valence-electron chi connectivity index (χ3n) is 3.11. The lowest BCUT2D eigenvalue weighted by molar-refractivity contribution is 0.102. The van der Waals surface area contributed by atoms with Gasteiger partial charge >= 0.3 is 0 Å². The van der Waals surface area contributed by atoms with Crippen LogP contribution in [-0.4, -0.2) is 31.8 Å². The number of nitrogens with one attached hydrogen (secondary N) is 1. The van der Waals surface area contributed by atoms with E-state index in [0.29, 0.717) is 22.9 Å². The van der Waals surface area contributed by atoms with Crippen LogP contribution in [0.3, 0.4) is 0 Å². The molecule has 0 spiro atoms. The lowest BCUT2D eigenvalue weighted by atomic mass is 10.2. The summed E-state index contributed by atoms with van der Waals surface area (Å²) in [5, 5.41) is 6.97. The molecule has 0 aromatic carbocycles. The molecule has 0 bridgehead atoms. The molecule has 0 aliphatic carbocycles. The Hall–Kier alpha value is -3.22. The number of ether oxygens (including phenoxy) is 1. The fourth-order valence-corrected chi connectivity index (χ4v) is 2.09. The van der Waals surface area contributed by atoms with Gasteiger partial charge in [-0.2, -0.15) is 5.10 Å². The third-order valence-corrected chi connectivity index (χ3v) is 3.11. The first-order valence-electron chi connectivity index (χ1n) is 7.52. The SMILES string of the molecule is CC(C)Oc1ccc(C(=O)Nc2cccnc2-n2cccn2)cn1. The maximum Gasteiger partial charge on any atom is 0.257 e. The van der Waals surface area contributed by atoms with E-state index >= 15 is 0 Å². The molecular formula is C17H17N5O2. The van der Waals surface area contributed by atoms with Gasteiger partial charge in [-0.05, 0) is 38.1 Å². The fourth-order valence-electron chi connectivity index (χ4n) is 2.09. The number of pyridine rings is 2. The van der Waals surface area contributed by atoms with Crippen LogP contribution in [0.5, 0.6) is 5.88 Å². The number of amides is 1. The van der Waals surface area contributed by atoms with Crippen molar-refractivity contribution in [2.75, 3.05) is 5.32 Å². The molecule has 3 aromatic rings. The number of nitrogens with zero attached hydrogens (tertiary/aromatic N) is 4. The van der Waals surface area contributed by atoms with Gasteiger partial charge in [0.15, 0.2) is 5.82 Å². The highest BCUT2D eigenvalue weighted by Gasteiger charge is 2.12. The van der Waals surface area contributed by atoms with E-state index in [1.54, 1.807) is 53.6 Å². The van der Waals surface area contributed by atoms with Crippen LogP contribution >= 0.6 is 0 Å². The Bertz CT molecular complexity index is 813. The predicted octanol–water partition coefficient (Wildman–Crippen LogP) is 2.70. The van der Waals surface area contributed by atoms with Crippen molar-refractivity contribution in [3.05, 3.63) is 60.7 Å². The van der Waals surface area contributed by atoms with Gasteiger partial charge in [0.2, 0.25) is 5.88 Å². The topological polar surface area (TPSA) is 81.9 Å². The Morgan fingerprint density at radius 3 is 2.71 bits per heavy atom. The van der Waals surface area contributed by atoms with Gasteiger partial charge in [-0.1, -0.05) is 0 Å². The smallest absolute Gasteiger partial charge is 0.257 e. The first-order valence-corrected chi connectivity index (χ1v) is 7.52. The number of rotatable bonds is 5. The number of hydrogen-bond donors (Lipinski definition) is 1. The average Bonchev–Trinajstić information content (AvgIpc) is 3.10. The second kappa shape index (κ2) is 6.91. The fraction of sp³-hybridized carbons (Fsp3) is 0.176. The monoisotopic (exact) mass is 323 g/mol. The van der Waals surface area contributed by atoms with Crippen LogP contribution in [0.15, 0.2) is 55.1 Å². The molecule has 0 radical (unpaired) electrons. The zero-order chi connectivity index (χ0) is 16.9. The normalized spacial score (nSPS) is 10.6. The zero-order valence-corrected chi connectivity index (χ0v) is 13.4. The molecule has 0 aliphatic heterocycles. The van der Waals surface area contributed by atoms with Gasteiger partial charge in [0.05, 0.1) is 17.4 Å². The van der Waals surface area contributed by atoms with Crippen LogP contribution in [0.1, 0.15) is 24.2 Å². The second-order valence-corrected chi connectivity index (χ2v) is 5.33. The highest BCUT2D eigenvalue weighted by Crippen LogP contribution is 2.18. The summed E-state index contributed by atoms with van der Waals surface area (Å²) in [5.41, 5.74) is 0.995. The van der Waals surface area contributed by atoms with Gasteiger partial charge in [0, 0.05) is 30.9 Å². The van der Waals surface area contributed by atoms with Crippen LogP contribution in [0.2, 0.25) is 0 Å². The molecule has 0 unspecified atom stereocenters. The van der Waals surface area contributed by atoms with E-state index in [-0.39, 0.29) is 12.0 Å². The summed E-state index contributed by atoms with van der Waals surface area (Å²) < 4.78 is 7.06. The van der Waals surface area contributed by atoms with Gasteiger partial charge in [-0.15, -0.1) is 0 Å². The van der Waals surface area contributed by atoms with Crippen molar-refractivity contribution in [1.82, 2.24) is 19.7 Å². The molecule has 3 rings (SSSR count). The van der Waals surface area contributed by atoms with Gasteiger partial charge in [-0.3, -0.25) is 4.79 Å². The molecule has 122 valence electrons. The van der Waals surface area contributed by atoms with E-state index in [1.807, 2.05) is 13.8 Å². The number of aromatic nitrogens is 4. The number of hydrogen-bond acceptors (Lipinski definition) is 5. The number of carbonyl (C=O) groups is 1. The van der Waals surface area contributed by atoms with Crippen molar-refractivity contribution in [1.29, 1.82) is 0 Å². The van der Waals surface area contributed by atoms with E-state index in [1.165, 1.54) is 6.20 Å². The van der Waals surface area contributed by atoms with Crippen molar-refractivity contribution in [2.45, 2.75) is 20.0 Å². The summed E-state index contributed by atoms with van der Waals surface area (Å²) in [5.74, 6) is 0.753. The molecule has 0 saturated carbocycles. The van der Waals surface area contributed by atoms with Gasteiger partial charge in [-0.25, -0.2) is 14.6 Å². The molecule has 0 aliphatic rings. The van der Waals surface area contributed by atoms with E-state index in [4.69, 9.17) is 4.74 Å². The minimum atomic E-state index is -0.278. The van der Waals surface area contributed by atoms with Crippen molar-refractivity contribution < 1.29 is 9.53 Å². The quantitative estimate of drug-likeness (QED) is 0.780. The Balaban J connectivity index is 1.78. The van der Waals surface area contributed by atoms with Crippen molar-refractivity contribution in [2.24, 2.45) is 0 Å². The predicted molar refractivity (Wildman–Crippen MR) is 89.3 cm³/mol. The molecular weight excluding hydrogens is 306 g/mol. The molecule has 3 aromatic heterocycles. The van der Waals surface area contributed by atoms with Crippen LogP contribution in [0, 0.1) is 0 Å². The average molecular weight is 323 g/mol. The van der Waals surface area contributed by atoms with Crippen LogP contribution in [-0.2, 0) is 0 Å². The maximum absolute atomic E-state index is 12.4. The van der Waals surface area contributed by atoms with E-state index in [2.05, 4.69) is 20.4 Å². The summed E-state index contributed by atoms with van der Waals surface area (Å²) in [7, 11) is 0. The summed E-state index contributed by atoms with van der Waals surface area (Å²) >= 11 is 0. The van der Waals surface area contributed by atoms with Gasteiger partial charge < -0.3 is 10.1 Å². The highest BCUT2D eigenvalue weighted by atomic mass is 16.5. The molecule has 24 heavy (non-hydrogen) atoms. The summed E-state index contributed by atoms with van der Waals surface area (Å²) in [6.07, 6.45) is 6.57. The third kappa shape index (κ3) is 3.57. The van der Waals surface area contributed by atoms with E-state index in [9.17, 15) is 4.79 Å².